The molecule has 1 unspecified atom stereocenters. The lowest BCUT2D eigenvalue weighted by Crippen LogP contribution is -2.49. The van der Waals surface area contributed by atoms with Gasteiger partial charge in [-0.15, -0.1) is 0 Å². The molecule has 28 heavy (non-hydrogen) atoms. The van der Waals surface area contributed by atoms with Crippen LogP contribution in [0.15, 0.2) is 65.8 Å². The smallest absolute Gasteiger partial charge is 0.262 e. The third-order valence-electron chi connectivity index (χ3n) is 4.96. The van der Waals surface area contributed by atoms with E-state index in [9.17, 15) is 9.59 Å². The number of fused-ring (bicyclic) bond motifs is 3. The summed E-state index contributed by atoms with van der Waals surface area (Å²) in [4.78, 5) is 31.6. The maximum absolute atomic E-state index is 13.2. The largest absolute Gasteiger partial charge is 0.306 e. The monoisotopic (exact) mass is 391 g/mol. The van der Waals surface area contributed by atoms with Crippen LogP contribution in [0.5, 0.6) is 0 Å². The van der Waals surface area contributed by atoms with Gasteiger partial charge in [-0.2, -0.15) is 5.10 Å². The van der Waals surface area contributed by atoms with Gasteiger partial charge in [0.25, 0.3) is 5.91 Å². The molecule has 2 aliphatic rings. The van der Waals surface area contributed by atoms with E-state index in [1.54, 1.807) is 28.0 Å². The lowest BCUT2D eigenvalue weighted by atomic mass is 10.2. The molecule has 1 atom stereocenters. The Morgan fingerprint density at radius 2 is 2.04 bits per heavy atom. The van der Waals surface area contributed by atoms with E-state index in [0.717, 1.165) is 16.3 Å². The van der Waals surface area contributed by atoms with E-state index >= 15 is 0 Å². The molecule has 2 aliphatic heterocycles. The van der Waals surface area contributed by atoms with Crippen LogP contribution in [0.3, 0.4) is 0 Å². The second kappa shape index (κ2) is 6.49. The van der Waals surface area contributed by atoms with Gasteiger partial charge >= 0.3 is 0 Å². The van der Waals surface area contributed by atoms with Crippen molar-refractivity contribution in [3.63, 3.8) is 0 Å². The van der Waals surface area contributed by atoms with Crippen LogP contribution in [0, 0.1) is 0 Å². The Labute approximate surface area is 165 Å². The first kappa shape index (κ1) is 17.0. The highest BCUT2D eigenvalue weighted by Crippen LogP contribution is 2.55. The third kappa shape index (κ3) is 2.68. The van der Waals surface area contributed by atoms with E-state index in [1.807, 2.05) is 42.5 Å². The van der Waals surface area contributed by atoms with Gasteiger partial charge < -0.3 is 5.32 Å². The van der Waals surface area contributed by atoms with Crippen LogP contribution in [-0.4, -0.2) is 31.4 Å². The highest BCUT2D eigenvalue weighted by atomic mass is 32.2. The molecule has 0 radical (unpaired) electrons. The van der Waals surface area contributed by atoms with Crippen molar-refractivity contribution in [1.82, 2.24) is 14.8 Å². The first-order chi connectivity index (χ1) is 13.7. The van der Waals surface area contributed by atoms with Gasteiger partial charge in [0.15, 0.2) is 10.7 Å². The van der Waals surface area contributed by atoms with Gasteiger partial charge in [-0.3, -0.25) is 24.2 Å². The van der Waals surface area contributed by atoms with Crippen LogP contribution < -0.4 is 10.2 Å². The van der Waals surface area contributed by atoms with Gasteiger partial charge in [0.1, 0.15) is 0 Å². The summed E-state index contributed by atoms with van der Waals surface area (Å²) >= 11 is 1.44. The molecule has 7 nitrogen and oxygen atoms in total. The van der Waals surface area contributed by atoms with Crippen molar-refractivity contribution >= 4 is 35.1 Å². The fraction of sp³-hybridized carbons (Fsp3) is 0.200. The predicted octanol–water partition coefficient (Wildman–Crippen LogP) is 2.89. The molecule has 0 spiro atoms. The van der Waals surface area contributed by atoms with Gasteiger partial charge in [0.2, 0.25) is 5.91 Å². The second-order valence-electron chi connectivity index (χ2n) is 6.76. The molecule has 3 aromatic rings. The quantitative estimate of drug-likeness (QED) is 0.740. The Hall–Kier alpha value is -3.13. The predicted molar refractivity (Wildman–Crippen MR) is 106 cm³/mol. The Morgan fingerprint density at radius 1 is 1.18 bits per heavy atom. The molecule has 140 valence electrons. The highest BCUT2D eigenvalue weighted by molar-refractivity contribution is 8.02. The molecule has 2 aromatic heterocycles. The Balaban J connectivity index is 1.37. The third-order valence-corrected chi connectivity index (χ3v) is 6.44. The number of benzene rings is 1. The summed E-state index contributed by atoms with van der Waals surface area (Å²) < 4.78 is 1.73. The number of hydrogen-bond acceptors (Lipinski definition) is 5. The number of amides is 2. The van der Waals surface area contributed by atoms with E-state index in [1.165, 1.54) is 11.8 Å². The Bertz CT molecular complexity index is 1070. The zero-order chi connectivity index (χ0) is 19.1. The Kier molecular flexibility index (Phi) is 3.94. The van der Waals surface area contributed by atoms with Crippen molar-refractivity contribution in [3.05, 3.63) is 66.6 Å². The SMILES string of the molecule is O=C1CCC2(C(=O)Nc3ccn(Cc4ccccn4)n3)Sc3ccccc3N12. The first-order valence-corrected chi connectivity index (χ1v) is 9.83. The molecule has 2 amide bonds. The van der Waals surface area contributed by atoms with Gasteiger partial charge in [0.05, 0.1) is 17.9 Å². The van der Waals surface area contributed by atoms with Crippen molar-refractivity contribution in [1.29, 1.82) is 0 Å². The maximum atomic E-state index is 13.2. The summed E-state index contributed by atoms with van der Waals surface area (Å²) in [5.74, 6) is 0.224. The molecule has 0 bridgehead atoms. The number of thioether (sulfide) groups is 1. The van der Waals surface area contributed by atoms with Crippen molar-refractivity contribution in [2.24, 2.45) is 0 Å². The molecule has 1 saturated heterocycles. The molecule has 1 N–H and O–H groups in total. The van der Waals surface area contributed by atoms with Crippen LogP contribution in [0.1, 0.15) is 18.5 Å². The number of nitrogens with one attached hydrogen (secondary N) is 1. The number of rotatable bonds is 4. The maximum Gasteiger partial charge on any atom is 0.262 e. The minimum atomic E-state index is -0.939. The normalized spacial score (nSPS) is 20.1. The average molecular weight is 391 g/mol. The van der Waals surface area contributed by atoms with E-state index in [-0.39, 0.29) is 11.8 Å². The van der Waals surface area contributed by atoms with E-state index in [2.05, 4.69) is 15.4 Å². The van der Waals surface area contributed by atoms with Crippen molar-refractivity contribution in [3.8, 4) is 0 Å². The molecule has 1 aromatic carbocycles. The molecule has 5 rings (SSSR count). The number of carbonyl (C=O) groups is 2. The number of hydrogen-bond donors (Lipinski definition) is 1. The zero-order valence-corrected chi connectivity index (χ0v) is 15.7. The van der Waals surface area contributed by atoms with Crippen molar-refractivity contribution in [2.75, 3.05) is 10.2 Å². The highest BCUT2D eigenvalue weighted by Gasteiger charge is 2.57. The molecule has 1 fully saturated rings. The summed E-state index contributed by atoms with van der Waals surface area (Å²) in [5.41, 5.74) is 1.70. The van der Waals surface area contributed by atoms with Gasteiger partial charge in [-0.1, -0.05) is 30.0 Å². The molecule has 0 saturated carbocycles. The topological polar surface area (TPSA) is 80.1 Å². The first-order valence-electron chi connectivity index (χ1n) is 9.02. The van der Waals surface area contributed by atoms with Crippen LogP contribution in [0.2, 0.25) is 0 Å². The summed E-state index contributed by atoms with van der Waals surface area (Å²) in [6, 6.07) is 15.1. The van der Waals surface area contributed by atoms with Crippen molar-refractivity contribution < 1.29 is 9.59 Å². The zero-order valence-electron chi connectivity index (χ0n) is 14.9. The number of carbonyl (C=O) groups excluding carboxylic acids is 2. The average Bonchev–Trinajstić information content (AvgIpc) is 3.37. The second-order valence-corrected chi connectivity index (χ2v) is 8.08. The minimum Gasteiger partial charge on any atom is -0.306 e. The van der Waals surface area contributed by atoms with Crippen LogP contribution in [0.4, 0.5) is 11.5 Å². The van der Waals surface area contributed by atoms with Crippen LogP contribution >= 0.6 is 11.8 Å². The summed E-state index contributed by atoms with van der Waals surface area (Å²) in [7, 11) is 0. The fourth-order valence-electron chi connectivity index (χ4n) is 3.69. The van der Waals surface area contributed by atoms with Gasteiger partial charge in [0, 0.05) is 29.8 Å². The number of nitrogens with zero attached hydrogens (tertiary/aromatic N) is 4. The number of pyridine rings is 1. The summed E-state index contributed by atoms with van der Waals surface area (Å²) in [6.07, 6.45) is 4.38. The van der Waals surface area contributed by atoms with Gasteiger partial charge in [-0.25, -0.2) is 0 Å². The molecule has 8 heteroatoms. The van der Waals surface area contributed by atoms with E-state index in [0.29, 0.717) is 25.2 Å². The van der Waals surface area contributed by atoms with Crippen molar-refractivity contribution in [2.45, 2.75) is 29.2 Å². The lowest BCUT2D eigenvalue weighted by molar-refractivity contribution is -0.121. The van der Waals surface area contributed by atoms with Gasteiger partial charge in [-0.05, 0) is 30.7 Å². The van der Waals surface area contributed by atoms with Crippen LogP contribution in [0.25, 0.3) is 0 Å². The molecular formula is C20H17N5O2S. The van der Waals surface area contributed by atoms with E-state index < -0.39 is 4.87 Å². The molecule has 0 aliphatic carbocycles. The lowest BCUT2D eigenvalue weighted by Gasteiger charge is -2.29. The summed E-state index contributed by atoms with van der Waals surface area (Å²) in [5, 5.41) is 7.33. The Morgan fingerprint density at radius 3 is 2.89 bits per heavy atom. The number of anilines is 2. The molecule has 4 heterocycles. The van der Waals surface area contributed by atoms with Crippen LogP contribution in [-0.2, 0) is 16.1 Å². The minimum absolute atomic E-state index is 0.0201. The summed E-state index contributed by atoms with van der Waals surface area (Å²) in [6.45, 7) is 0.520. The fourth-order valence-corrected chi connectivity index (χ4v) is 5.10. The standard InChI is InChI=1S/C20H17N5O2S/c26-18-8-10-20(25(18)15-6-1-2-7-16(15)28-20)19(27)22-17-9-12-24(23-17)13-14-5-3-4-11-21-14/h1-7,9,11-12H,8,10,13H2,(H,22,23,27). The van der Waals surface area contributed by atoms with E-state index in [4.69, 9.17) is 0 Å². The molecular weight excluding hydrogens is 374 g/mol. The number of para-hydroxylation sites is 1. The number of aromatic nitrogens is 3.